The second-order valence-electron chi connectivity index (χ2n) is 5.91. The van der Waals surface area contributed by atoms with E-state index in [1.165, 1.54) is 10.9 Å². The molecule has 0 spiro atoms. The van der Waals surface area contributed by atoms with Crippen molar-refractivity contribution in [3.63, 3.8) is 0 Å². The zero-order chi connectivity index (χ0) is 13.2. The highest BCUT2D eigenvalue weighted by Crippen LogP contribution is 2.24. The summed E-state index contributed by atoms with van der Waals surface area (Å²) in [6.45, 7) is 6.22. The lowest BCUT2D eigenvalue weighted by Gasteiger charge is -2.25. The average Bonchev–Trinajstić information content (AvgIpc) is 2.34. The van der Waals surface area contributed by atoms with Crippen LogP contribution in [0.15, 0.2) is 36.5 Å². The molecule has 96 valence electrons. The molecular weight excluding hydrogens is 222 g/mol. The summed E-state index contributed by atoms with van der Waals surface area (Å²) in [5, 5.41) is 11.3. The molecule has 0 fully saturated rings. The van der Waals surface area contributed by atoms with Crippen molar-refractivity contribution in [3.8, 4) is 0 Å². The van der Waals surface area contributed by atoms with Crippen molar-refractivity contribution in [1.82, 2.24) is 4.98 Å². The second-order valence-corrected chi connectivity index (χ2v) is 5.91. The first-order valence-electron chi connectivity index (χ1n) is 6.49. The molecule has 0 radical (unpaired) electrons. The summed E-state index contributed by atoms with van der Waals surface area (Å²) in [6, 6.07) is 10.2. The summed E-state index contributed by atoms with van der Waals surface area (Å²) in [5.74, 6) is 0. The summed E-state index contributed by atoms with van der Waals surface area (Å²) in [4.78, 5) is 4.36. The number of benzene rings is 1. The number of aryl methyl sites for hydroxylation is 1. The molecule has 1 aromatic carbocycles. The number of hydrogen-bond acceptors (Lipinski definition) is 2. The SMILES string of the molecule is CC(C)(C)C(O)CCc1ccnc2ccccc12. The van der Waals surface area contributed by atoms with Crippen LogP contribution < -0.4 is 0 Å². The van der Waals surface area contributed by atoms with Gasteiger partial charge in [0.25, 0.3) is 0 Å². The van der Waals surface area contributed by atoms with Crippen LogP contribution in [0.4, 0.5) is 0 Å². The van der Waals surface area contributed by atoms with Crippen LogP contribution in [0.2, 0.25) is 0 Å². The number of pyridine rings is 1. The van der Waals surface area contributed by atoms with E-state index < -0.39 is 0 Å². The summed E-state index contributed by atoms with van der Waals surface area (Å²) in [7, 11) is 0. The minimum atomic E-state index is -0.274. The van der Waals surface area contributed by atoms with Gasteiger partial charge in [0.2, 0.25) is 0 Å². The Morgan fingerprint density at radius 1 is 1.17 bits per heavy atom. The summed E-state index contributed by atoms with van der Waals surface area (Å²) in [6.07, 6.45) is 3.25. The van der Waals surface area contributed by atoms with Gasteiger partial charge in [-0.1, -0.05) is 39.0 Å². The van der Waals surface area contributed by atoms with Gasteiger partial charge in [0.05, 0.1) is 11.6 Å². The molecular formula is C16H21NO. The van der Waals surface area contributed by atoms with Crippen LogP contribution in [-0.4, -0.2) is 16.2 Å². The Morgan fingerprint density at radius 2 is 1.89 bits per heavy atom. The third-order valence-electron chi connectivity index (χ3n) is 3.43. The largest absolute Gasteiger partial charge is 0.393 e. The quantitative estimate of drug-likeness (QED) is 0.894. The van der Waals surface area contributed by atoms with Crippen molar-refractivity contribution < 1.29 is 5.11 Å². The van der Waals surface area contributed by atoms with E-state index in [1.807, 2.05) is 24.4 Å². The Balaban J connectivity index is 2.18. The molecule has 1 heterocycles. The van der Waals surface area contributed by atoms with Crippen LogP contribution in [0, 0.1) is 5.41 Å². The minimum Gasteiger partial charge on any atom is -0.393 e. The molecule has 0 saturated carbocycles. The van der Waals surface area contributed by atoms with Crippen molar-refractivity contribution in [2.75, 3.05) is 0 Å². The highest BCUT2D eigenvalue weighted by molar-refractivity contribution is 5.81. The highest BCUT2D eigenvalue weighted by atomic mass is 16.3. The molecule has 0 aliphatic heterocycles. The van der Waals surface area contributed by atoms with Crippen LogP contribution in [-0.2, 0) is 6.42 Å². The fourth-order valence-corrected chi connectivity index (χ4v) is 2.10. The lowest BCUT2D eigenvalue weighted by Crippen LogP contribution is -2.26. The van der Waals surface area contributed by atoms with Crippen LogP contribution in [0.25, 0.3) is 10.9 Å². The summed E-state index contributed by atoms with van der Waals surface area (Å²) in [5.41, 5.74) is 2.24. The van der Waals surface area contributed by atoms with Gasteiger partial charge >= 0.3 is 0 Å². The average molecular weight is 243 g/mol. The maximum absolute atomic E-state index is 10.1. The van der Waals surface area contributed by atoms with Gasteiger partial charge in [-0.05, 0) is 36.0 Å². The maximum Gasteiger partial charge on any atom is 0.0704 e. The smallest absolute Gasteiger partial charge is 0.0704 e. The van der Waals surface area contributed by atoms with Crippen molar-refractivity contribution in [3.05, 3.63) is 42.1 Å². The minimum absolute atomic E-state index is 0.0527. The van der Waals surface area contributed by atoms with E-state index in [0.29, 0.717) is 0 Å². The van der Waals surface area contributed by atoms with Gasteiger partial charge in [0, 0.05) is 11.6 Å². The molecule has 2 nitrogen and oxygen atoms in total. The van der Waals surface area contributed by atoms with E-state index in [0.717, 1.165) is 18.4 Å². The number of rotatable bonds is 3. The first-order chi connectivity index (χ1) is 8.48. The standard InChI is InChI=1S/C16H21NO/c1-16(2,3)15(18)9-8-12-10-11-17-14-7-5-4-6-13(12)14/h4-7,10-11,15,18H,8-9H2,1-3H3. The van der Waals surface area contributed by atoms with E-state index in [-0.39, 0.29) is 11.5 Å². The molecule has 1 atom stereocenters. The van der Waals surface area contributed by atoms with Gasteiger partial charge in [0.15, 0.2) is 0 Å². The first-order valence-corrected chi connectivity index (χ1v) is 6.49. The Kier molecular flexibility index (Phi) is 3.67. The Labute approximate surface area is 109 Å². The van der Waals surface area contributed by atoms with Crippen LogP contribution in [0.5, 0.6) is 0 Å². The predicted octanol–water partition coefficient (Wildman–Crippen LogP) is 3.57. The van der Waals surface area contributed by atoms with Crippen molar-refractivity contribution in [2.45, 2.75) is 39.7 Å². The van der Waals surface area contributed by atoms with Crippen molar-refractivity contribution >= 4 is 10.9 Å². The molecule has 2 aromatic rings. The van der Waals surface area contributed by atoms with E-state index in [1.54, 1.807) is 0 Å². The number of aromatic nitrogens is 1. The van der Waals surface area contributed by atoms with E-state index in [4.69, 9.17) is 0 Å². The first kappa shape index (κ1) is 13.0. The molecule has 0 amide bonds. The fraction of sp³-hybridized carbons (Fsp3) is 0.438. The molecule has 1 aromatic heterocycles. The molecule has 0 aliphatic rings. The molecule has 2 heteroatoms. The van der Waals surface area contributed by atoms with Gasteiger partial charge in [-0.15, -0.1) is 0 Å². The molecule has 2 rings (SSSR count). The molecule has 0 aliphatic carbocycles. The van der Waals surface area contributed by atoms with Gasteiger partial charge in [0.1, 0.15) is 0 Å². The second kappa shape index (κ2) is 5.07. The normalized spacial score (nSPS) is 13.8. The number of aliphatic hydroxyl groups is 1. The highest BCUT2D eigenvalue weighted by Gasteiger charge is 2.21. The van der Waals surface area contributed by atoms with Gasteiger partial charge in [-0.2, -0.15) is 0 Å². The van der Waals surface area contributed by atoms with Crippen molar-refractivity contribution in [2.24, 2.45) is 5.41 Å². The van der Waals surface area contributed by atoms with E-state index >= 15 is 0 Å². The van der Waals surface area contributed by atoms with Gasteiger partial charge in [-0.3, -0.25) is 4.98 Å². The van der Waals surface area contributed by atoms with E-state index in [9.17, 15) is 5.11 Å². The lowest BCUT2D eigenvalue weighted by atomic mass is 9.85. The zero-order valence-electron chi connectivity index (χ0n) is 11.4. The fourth-order valence-electron chi connectivity index (χ4n) is 2.10. The maximum atomic E-state index is 10.1. The molecule has 0 saturated heterocycles. The molecule has 1 N–H and O–H groups in total. The van der Waals surface area contributed by atoms with Gasteiger partial charge in [-0.25, -0.2) is 0 Å². The third kappa shape index (κ3) is 2.88. The number of hydrogen-bond donors (Lipinski definition) is 1. The molecule has 1 unspecified atom stereocenters. The zero-order valence-corrected chi connectivity index (χ0v) is 11.4. The molecule has 18 heavy (non-hydrogen) atoms. The monoisotopic (exact) mass is 243 g/mol. The Bertz CT molecular complexity index is 523. The number of para-hydroxylation sites is 1. The number of nitrogens with zero attached hydrogens (tertiary/aromatic N) is 1. The number of fused-ring (bicyclic) bond motifs is 1. The van der Waals surface area contributed by atoms with Crippen molar-refractivity contribution in [1.29, 1.82) is 0 Å². The van der Waals surface area contributed by atoms with E-state index in [2.05, 4.69) is 37.9 Å². The third-order valence-corrected chi connectivity index (χ3v) is 3.43. The lowest BCUT2D eigenvalue weighted by molar-refractivity contribution is 0.0560. The molecule has 0 bridgehead atoms. The number of aliphatic hydroxyl groups excluding tert-OH is 1. The topological polar surface area (TPSA) is 33.1 Å². The Morgan fingerprint density at radius 3 is 2.61 bits per heavy atom. The summed E-state index contributed by atoms with van der Waals surface area (Å²) < 4.78 is 0. The van der Waals surface area contributed by atoms with Crippen LogP contribution in [0.3, 0.4) is 0 Å². The Hall–Kier alpha value is -1.41. The van der Waals surface area contributed by atoms with Crippen LogP contribution >= 0.6 is 0 Å². The summed E-state index contributed by atoms with van der Waals surface area (Å²) >= 11 is 0. The van der Waals surface area contributed by atoms with Gasteiger partial charge < -0.3 is 5.11 Å². The van der Waals surface area contributed by atoms with Crippen LogP contribution in [0.1, 0.15) is 32.8 Å². The predicted molar refractivity (Wildman–Crippen MR) is 75.5 cm³/mol.